The fourth-order valence-corrected chi connectivity index (χ4v) is 5.55. The summed E-state index contributed by atoms with van der Waals surface area (Å²) in [6.07, 6.45) is -0.781. The van der Waals surface area contributed by atoms with Crippen LogP contribution in [0.1, 0.15) is 45.8 Å². The van der Waals surface area contributed by atoms with Gasteiger partial charge in [-0.25, -0.2) is 4.98 Å². The van der Waals surface area contributed by atoms with Crippen LogP contribution in [0.2, 0.25) is 0 Å². The standard InChI is InChI=1S/C35H36F3N7O3/c1-4-31(46)45-16-8-10-24(21-45)23-9-7-11-25(18-23)40-19-22-14-15-29(30(17-22)48-3)43-34-41-20-27(35(36,37)38)32(44-34)42-28-13-6-5-12-26(28)33(47)39-2/h4-7,9,11-15,17-18,20,24,40H,1,8,10,16,19,21H2,2-3H3,(H,39,47)(H2,41,42,43,44). The highest BCUT2D eigenvalue weighted by molar-refractivity contribution is 6.00. The molecule has 1 fully saturated rings. The minimum atomic E-state index is -4.75. The van der Waals surface area contributed by atoms with Gasteiger partial charge >= 0.3 is 6.18 Å². The summed E-state index contributed by atoms with van der Waals surface area (Å²) in [7, 11) is 2.92. The van der Waals surface area contributed by atoms with Crippen LogP contribution in [-0.4, -0.2) is 53.9 Å². The number of benzene rings is 3. The predicted molar refractivity (Wildman–Crippen MR) is 179 cm³/mol. The number of piperidine rings is 1. The van der Waals surface area contributed by atoms with Crippen molar-refractivity contribution in [3.05, 3.63) is 108 Å². The third-order valence-electron chi connectivity index (χ3n) is 8.02. The van der Waals surface area contributed by atoms with Gasteiger partial charge in [0.1, 0.15) is 17.1 Å². The number of amides is 2. The molecule has 4 N–H and O–H groups in total. The van der Waals surface area contributed by atoms with Crippen LogP contribution in [0, 0.1) is 0 Å². The Kier molecular flexibility index (Phi) is 10.5. The van der Waals surface area contributed by atoms with Crippen LogP contribution in [0.4, 0.5) is 42.0 Å². The predicted octanol–water partition coefficient (Wildman–Crippen LogP) is 6.85. The summed E-state index contributed by atoms with van der Waals surface area (Å²) in [5, 5.41) is 11.5. The Morgan fingerprint density at radius 1 is 1.06 bits per heavy atom. The van der Waals surface area contributed by atoms with E-state index in [-0.39, 0.29) is 29.0 Å². The molecule has 0 spiro atoms. The van der Waals surface area contributed by atoms with Gasteiger partial charge in [0, 0.05) is 44.5 Å². The normalized spacial score (nSPS) is 14.5. The Bertz CT molecular complexity index is 1800. The third kappa shape index (κ3) is 8.03. The molecule has 0 saturated carbocycles. The number of ether oxygens (including phenoxy) is 1. The largest absolute Gasteiger partial charge is 0.495 e. The second-order valence-corrected chi connectivity index (χ2v) is 11.2. The zero-order valence-corrected chi connectivity index (χ0v) is 26.5. The SMILES string of the molecule is C=CC(=O)N1CCCC(c2cccc(NCc3ccc(Nc4ncc(C(F)(F)F)c(Nc5ccccc5C(=O)NC)n4)c(OC)c3)c2)C1. The Hall–Kier alpha value is -5.59. The van der Waals surface area contributed by atoms with Gasteiger partial charge in [-0.1, -0.05) is 36.9 Å². The lowest BCUT2D eigenvalue weighted by Gasteiger charge is -2.32. The minimum absolute atomic E-state index is 0.0495. The van der Waals surface area contributed by atoms with E-state index in [1.165, 1.54) is 32.4 Å². The Balaban J connectivity index is 1.31. The molecule has 1 atom stereocenters. The zero-order valence-electron chi connectivity index (χ0n) is 26.5. The fourth-order valence-electron chi connectivity index (χ4n) is 5.55. The molecule has 2 amide bonds. The van der Waals surface area contributed by atoms with E-state index < -0.39 is 23.5 Å². The van der Waals surface area contributed by atoms with Crippen molar-refractivity contribution in [3.63, 3.8) is 0 Å². The number of nitrogens with one attached hydrogen (secondary N) is 4. The first-order chi connectivity index (χ1) is 23.1. The number of carbonyl (C=O) groups is 2. The zero-order chi connectivity index (χ0) is 34.3. The number of carbonyl (C=O) groups excluding carboxylic acids is 2. The lowest BCUT2D eigenvalue weighted by Crippen LogP contribution is -2.38. The molecule has 3 aromatic carbocycles. The number of likely N-dealkylation sites (tertiary alicyclic amines) is 1. The van der Waals surface area contributed by atoms with Crippen LogP contribution in [0.25, 0.3) is 0 Å². The highest BCUT2D eigenvalue weighted by Crippen LogP contribution is 2.37. The van der Waals surface area contributed by atoms with Gasteiger partial charge in [-0.2, -0.15) is 18.2 Å². The van der Waals surface area contributed by atoms with Crippen LogP contribution in [-0.2, 0) is 17.5 Å². The van der Waals surface area contributed by atoms with E-state index in [1.807, 2.05) is 29.2 Å². The van der Waals surface area contributed by atoms with Crippen LogP contribution >= 0.6 is 0 Å². The maximum atomic E-state index is 13.9. The highest BCUT2D eigenvalue weighted by atomic mass is 19.4. The Morgan fingerprint density at radius 3 is 2.62 bits per heavy atom. The van der Waals surface area contributed by atoms with E-state index >= 15 is 0 Å². The molecule has 4 aromatic rings. The summed E-state index contributed by atoms with van der Waals surface area (Å²) in [5.74, 6) is -0.481. The van der Waals surface area contributed by atoms with E-state index in [0.717, 1.165) is 36.2 Å². The Labute approximate surface area is 276 Å². The molecule has 1 aliphatic rings. The number of halogens is 3. The third-order valence-corrected chi connectivity index (χ3v) is 8.02. The number of hydrogen-bond donors (Lipinski definition) is 4. The molecule has 13 heteroatoms. The summed E-state index contributed by atoms with van der Waals surface area (Å²) in [4.78, 5) is 34.3. The average Bonchev–Trinajstić information content (AvgIpc) is 3.10. The van der Waals surface area contributed by atoms with Crippen molar-refractivity contribution < 1.29 is 27.5 Å². The van der Waals surface area contributed by atoms with Crippen molar-refractivity contribution >= 4 is 40.6 Å². The van der Waals surface area contributed by atoms with Gasteiger partial charge in [0.15, 0.2) is 0 Å². The van der Waals surface area contributed by atoms with Crippen molar-refractivity contribution in [2.24, 2.45) is 0 Å². The van der Waals surface area contributed by atoms with Gasteiger partial charge in [-0.15, -0.1) is 0 Å². The molecule has 1 saturated heterocycles. The highest BCUT2D eigenvalue weighted by Gasteiger charge is 2.36. The number of methoxy groups -OCH3 is 1. The monoisotopic (exact) mass is 659 g/mol. The molecule has 1 unspecified atom stereocenters. The first-order valence-corrected chi connectivity index (χ1v) is 15.3. The maximum absolute atomic E-state index is 13.9. The number of hydrogen-bond acceptors (Lipinski definition) is 8. The maximum Gasteiger partial charge on any atom is 0.421 e. The Morgan fingerprint density at radius 2 is 1.88 bits per heavy atom. The van der Waals surface area contributed by atoms with Crippen molar-refractivity contribution in [2.45, 2.75) is 31.5 Å². The van der Waals surface area contributed by atoms with Crippen LogP contribution in [0.15, 0.2) is 85.6 Å². The molecule has 0 aliphatic carbocycles. The number of rotatable bonds is 11. The first kappa shape index (κ1) is 33.8. The number of para-hydroxylation sites is 1. The van der Waals surface area contributed by atoms with E-state index in [2.05, 4.69) is 49.9 Å². The molecule has 0 bridgehead atoms. The summed E-state index contributed by atoms with van der Waals surface area (Å²) in [5.41, 5.74) is 2.62. The van der Waals surface area contributed by atoms with Crippen LogP contribution in [0.5, 0.6) is 5.75 Å². The van der Waals surface area contributed by atoms with Gasteiger partial charge in [0.2, 0.25) is 11.9 Å². The molecule has 5 rings (SSSR count). The minimum Gasteiger partial charge on any atom is -0.495 e. The van der Waals surface area contributed by atoms with Gasteiger partial charge in [0.25, 0.3) is 5.91 Å². The van der Waals surface area contributed by atoms with Gasteiger partial charge in [-0.05, 0) is 66.4 Å². The second-order valence-electron chi connectivity index (χ2n) is 11.2. The van der Waals surface area contributed by atoms with Crippen molar-refractivity contribution in [3.8, 4) is 5.75 Å². The average molecular weight is 660 g/mol. The molecule has 0 radical (unpaired) electrons. The lowest BCUT2D eigenvalue weighted by atomic mass is 9.90. The van der Waals surface area contributed by atoms with Crippen molar-refractivity contribution in [1.29, 1.82) is 0 Å². The smallest absolute Gasteiger partial charge is 0.421 e. The van der Waals surface area contributed by atoms with Gasteiger partial charge in [0.05, 0.1) is 24.0 Å². The number of anilines is 5. The quantitative estimate of drug-likeness (QED) is 0.129. The summed E-state index contributed by atoms with van der Waals surface area (Å²) < 4.78 is 47.3. The van der Waals surface area contributed by atoms with E-state index in [1.54, 1.807) is 18.2 Å². The summed E-state index contributed by atoms with van der Waals surface area (Å²) >= 11 is 0. The number of aromatic nitrogens is 2. The first-order valence-electron chi connectivity index (χ1n) is 15.3. The van der Waals surface area contributed by atoms with Crippen molar-refractivity contribution in [1.82, 2.24) is 20.2 Å². The van der Waals surface area contributed by atoms with E-state index in [9.17, 15) is 22.8 Å². The number of nitrogens with zero attached hydrogens (tertiary/aromatic N) is 3. The molecule has 1 aromatic heterocycles. The fraction of sp³-hybridized carbons (Fsp3) is 0.257. The number of alkyl halides is 3. The van der Waals surface area contributed by atoms with Crippen molar-refractivity contribution in [2.75, 3.05) is 43.2 Å². The molecule has 10 nitrogen and oxygen atoms in total. The van der Waals surface area contributed by atoms with Gasteiger partial charge in [-0.3, -0.25) is 9.59 Å². The molecule has 1 aliphatic heterocycles. The topological polar surface area (TPSA) is 121 Å². The lowest BCUT2D eigenvalue weighted by molar-refractivity contribution is -0.137. The van der Waals surface area contributed by atoms with Crippen LogP contribution in [0.3, 0.4) is 0 Å². The molecule has 250 valence electrons. The van der Waals surface area contributed by atoms with Crippen LogP contribution < -0.4 is 26.0 Å². The van der Waals surface area contributed by atoms with E-state index in [0.29, 0.717) is 30.7 Å². The molecule has 2 heterocycles. The summed E-state index contributed by atoms with van der Waals surface area (Å²) in [6, 6.07) is 19.7. The van der Waals surface area contributed by atoms with E-state index in [4.69, 9.17) is 4.74 Å². The summed E-state index contributed by atoms with van der Waals surface area (Å²) in [6.45, 7) is 5.48. The van der Waals surface area contributed by atoms with Gasteiger partial charge < -0.3 is 30.9 Å². The molecular formula is C35H36F3N7O3. The second kappa shape index (κ2) is 14.9. The molecular weight excluding hydrogens is 623 g/mol. The molecule has 48 heavy (non-hydrogen) atoms.